The topological polar surface area (TPSA) is 42.4 Å². The number of halogens is 1. The molecule has 0 N–H and O–H groups in total. The molecule has 1 saturated carbocycles. The number of aromatic nitrogens is 1. The smallest absolute Gasteiger partial charge is 0.231 e. The van der Waals surface area contributed by atoms with Crippen LogP contribution in [-0.2, 0) is 9.53 Å². The lowest BCUT2D eigenvalue weighted by Crippen LogP contribution is -2.41. The van der Waals surface area contributed by atoms with E-state index in [1.807, 2.05) is 17.0 Å². The molecule has 1 amide bonds. The number of ether oxygens (including phenoxy) is 1. The fourth-order valence-electron chi connectivity index (χ4n) is 3.83. The van der Waals surface area contributed by atoms with Gasteiger partial charge in [0.05, 0.1) is 22.9 Å². The first-order valence-electron chi connectivity index (χ1n) is 9.20. The van der Waals surface area contributed by atoms with Crippen molar-refractivity contribution in [1.29, 1.82) is 0 Å². The van der Waals surface area contributed by atoms with Gasteiger partial charge in [-0.3, -0.25) is 9.69 Å². The predicted octanol–water partition coefficient (Wildman–Crippen LogP) is 5.15. The first-order chi connectivity index (χ1) is 12.2. The van der Waals surface area contributed by atoms with E-state index in [9.17, 15) is 4.79 Å². The van der Waals surface area contributed by atoms with Gasteiger partial charge in [-0.05, 0) is 43.9 Å². The molecule has 4 rings (SSSR count). The maximum atomic E-state index is 13.3. The van der Waals surface area contributed by atoms with E-state index in [1.54, 1.807) is 11.3 Å². The summed E-state index contributed by atoms with van der Waals surface area (Å²) in [6.45, 7) is 1.44. The van der Waals surface area contributed by atoms with Gasteiger partial charge < -0.3 is 4.74 Å². The predicted molar refractivity (Wildman–Crippen MR) is 105 cm³/mol. The van der Waals surface area contributed by atoms with Crippen LogP contribution in [0.25, 0.3) is 10.2 Å². The molecule has 2 aliphatic rings. The molecule has 1 atom stereocenters. The standard InChI is InChI=1S/C19H23BrN2O2S/c20-14-8-9-16-17(11-14)25-19(21-16)22(12-15-7-4-10-24-15)18(23)13-5-2-1-3-6-13/h8-9,11,13,15H,1-7,10,12H2. The van der Waals surface area contributed by atoms with E-state index in [0.29, 0.717) is 6.54 Å². The zero-order valence-electron chi connectivity index (χ0n) is 14.2. The van der Waals surface area contributed by atoms with Crippen LogP contribution in [0.2, 0.25) is 0 Å². The second kappa shape index (κ2) is 7.72. The van der Waals surface area contributed by atoms with Crippen molar-refractivity contribution in [3.63, 3.8) is 0 Å². The molecule has 1 aliphatic heterocycles. The Bertz CT molecular complexity index is 751. The summed E-state index contributed by atoms with van der Waals surface area (Å²) in [7, 11) is 0. The van der Waals surface area contributed by atoms with Crippen LogP contribution in [0.1, 0.15) is 44.9 Å². The number of anilines is 1. The zero-order chi connectivity index (χ0) is 17.2. The Morgan fingerprint density at radius 2 is 2.08 bits per heavy atom. The van der Waals surface area contributed by atoms with Crippen molar-refractivity contribution in [2.24, 2.45) is 5.92 Å². The number of carbonyl (C=O) groups excluding carboxylic acids is 1. The van der Waals surface area contributed by atoms with Gasteiger partial charge in [-0.25, -0.2) is 4.98 Å². The van der Waals surface area contributed by atoms with Gasteiger partial charge in [-0.1, -0.05) is 46.5 Å². The molecule has 6 heteroatoms. The number of rotatable bonds is 4. The van der Waals surface area contributed by atoms with Gasteiger partial charge in [-0.2, -0.15) is 0 Å². The third kappa shape index (κ3) is 3.91. The summed E-state index contributed by atoms with van der Waals surface area (Å²) in [4.78, 5) is 19.9. The number of fused-ring (bicyclic) bond motifs is 1. The van der Waals surface area contributed by atoms with E-state index in [2.05, 4.69) is 22.0 Å². The molecular formula is C19H23BrN2O2S. The molecule has 0 bridgehead atoms. The van der Waals surface area contributed by atoms with Crippen molar-refractivity contribution >= 4 is 48.5 Å². The molecule has 0 spiro atoms. The monoisotopic (exact) mass is 422 g/mol. The number of hydrogen-bond donors (Lipinski definition) is 0. The highest BCUT2D eigenvalue weighted by Gasteiger charge is 2.31. The summed E-state index contributed by atoms with van der Waals surface area (Å²) in [5, 5.41) is 0.819. The maximum Gasteiger partial charge on any atom is 0.231 e. The fraction of sp³-hybridized carbons (Fsp3) is 0.579. The summed E-state index contributed by atoms with van der Waals surface area (Å²) in [5.41, 5.74) is 0.956. The van der Waals surface area contributed by atoms with Crippen molar-refractivity contribution in [3.05, 3.63) is 22.7 Å². The first kappa shape index (κ1) is 17.4. The Balaban J connectivity index is 1.63. The highest BCUT2D eigenvalue weighted by atomic mass is 79.9. The third-order valence-corrected chi connectivity index (χ3v) is 6.74. The first-order valence-corrected chi connectivity index (χ1v) is 10.8. The number of carbonyl (C=O) groups is 1. The minimum absolute atomic E-state index is 0.145. The van der Waals surface area contributed by atoms with Crippen LogP contribution < -0.4 is 4.90 Å². The third-order valence-electron chi connectivity index (χ3n) is 5.20. The molecule has 2 heterocycles. The second-order valence-electron chi connectivity index (χ2n) is 7.03. The van der Waals surface area contributed by atoms with E-state index in [1.165, 1.54) is 6.42 Å². The van der Waals surface area contributed by atoms with Crippen LogP contribution in [0.3, 0.4) is 0 Å². The Labute approximate surface area is 160 Å². The number of nitrogens with zero attached hydrogens (tertiary/aromatic N) is 2. The quantitative estimate of drug-likeness (QED) is 0.683. The minimum Gasteiger partial charge on any atom is -0.376 e. The average molecular weight is 423 g/mol. The molecule has 1 aromatic heterocycles. The molecule has 2 aromatic rings. The lowest BCUT2D eigenvalue weighted by atomic mass is 9.88. The summed E-state index contributed by atoms with van der Waals surface area (Å²) in [6, 6.07) is 6.08. The van der Waals surface area contributed by atoms with Crippen LogP contribution in [0.5, 0.6) is 0 Å². The van der Waals surface area contributed by atoms with Crippen LogP contribution in [0.15, 0.2) is 22.7 Å². The molecule has 25 heavy (non-hydrogen) atoms. The zero-order valence-corrected chi connectivity index (χ0v) is 16.7. The number of thiazole rings is 1. The maximum absolute atomic E-state index is 13.3. The molecule has 1 aliphatic carbocycles. The highest BCUT2D eigenvalue weighted by molar-refractivity contribution is 9.10. The largest absolute Gasteiger partial charge is 0.376 e. The molecule has 1 unspecified atom stereocenters. The number of hydrogen-bond acceptors (Lipinski definition) is 4. The molecular weight excluding hydrogens is 400 g/mol. The van der Waals surface area contributed by atoms with Crippen molar-refractivity contribution < 1.29 is 9.53 Å². The van der Waals surface area contributed by atoms with Crippen LogP contribution in [-0.4, -0.2) is 30.1 Å². The molecule has 4 nitrogen and oxygen atoms in total. The van der Waals surface area contributed by atoms with E-state index < -0.39 is 0 Å². The normalized spacial score (nSPS) is 21.7. The average Bonchev–Trinajstić information content (AvgIpc) is 3.28. The summed E-state index contributed by atoms with van der Waals surface area (Å²) in [6.07, 6.45) is 7.87. The molecule has 134 valence electrons. The highest BCUT2D eigenvalue weighted by Crippen LogP contribution is 2.34. The Morgan fingerprint density at radius 3 is 2.84 bits per heavy atom. The molecule has 0 radical (unpaired) electrons. The van der Waals surface area contributed by atoms with Gasteiger partial charge in [0.15, 0.2) is 5.13 Å². The molecule has 1 saturated heterocycles. The van der Waals surface area contributed by atoms with Crippen molar-refractivity contribution in [1.82, 2.24) is 4.98 Å². The Morgan fingerprint density at radius 1 is 1.24 bits per heavy atom. The van der Waals surface area contributed by atoms with Gasteiger partial charge in [0.25, 0.3) is 0 Å². The van der Waals surface area contributed by atoms with E-state index >= 15 is 0 Å². The minimum atomic E-state index is 0.145. The Hall–Kier alpha value is -0.980. The van der Waals surface area contributed by atoms with Gasteiger partial charge in [-0.15, -0.1) is 0 Å². The van der Waals surface area contributed by atoms with Crippen LogP contribution >= 0.6 is 27.3 Å². The van der Waals surface area contributed by atoms with Gasteiger partial charge in [0.2, 0.25) is 5.91 Å². The van der Waals surface area contributed by atoms with E-state index in [-0.39, 0.29) is 17.9 Å². The second-order valence-corrected chi connectivity index (χ2v) is 8.95. The van der Waals surface area contributed by atoms with Crippen LogP contribution in [0.4, 0.5) is 5.13 Å². The fourth-order valence-corrected chi connectivity index (χ4v) is 5.36. The number of benzene rings is 1. The SMILES string of the molecule is O=C(C1CCCCC1)N(CC1CCCO1)c1nc2ccc(Br)cc2s1. The van der Waals surface area contributed by atoms with Gasteiger partial charge in [0, 0.05) is 17.0 Å². The van der Waals surface area contributed by atoms with Crippen molar-refractivity contribution in [2.45, 2.75) is 51.0 Å². The van der Waals surface area contributed by atoms with Gasteiger partial charge in [0.1, 0.15) is 0 Å². The summed E-state index contributed by atoms with van der Waals surface area (Å²) < 4.78 is 7.96. The van der Waals surface area contributed by atoms with Crippen molar-refractivity contribution in [3.8, 4) is 0 Å². The lowest BCUT2D eigenvalue weighted by molar-refractivity contribution is -0.123. The lowest BCUT2D eigenvalue weighted by Gasteiger charge is -2.29. The van der Waals surface area contributed by atoms with Gasteiger partial charge >= 0.3 is 0 Å². The number of amides is 1. The van der Waals surface area contributed by atoms with Crippen LogP contribution in [0, 0.1) is 5.92 Å². The summed E-state index contributed by atoms with van der Waals surface area (Å²) in [5.74, 6) is 0.391. The summed E-state index contributed by atoms with van der Waals surface area (Å²) >= 11 is 5.12. The van der Waals surface area contributed by atoms with Crippen molar-refractivity contribution in [2.75, 3.05) is 18.1 Å². The van der Waals surface area contributed by atoms with E-state index in [0.717, 1.165) is 65.0 Å². The van der Waals surface area contributed by atoms with E-state index in [4.69, 9.17) is 9.72 Å². The Kier molecular flexibility index (Phi) is 5.39. The molecule has 1 aromatic carbocycles. The molecule has 2 fully saturated rings.